The first kappa shape index (κ1) is 15.0. The Morgan fingerprint density at radius 2 is 1.62 bits per heavy atom. The number of hydrogen-bond donors (Lipinski definition) is 1. The molecular formula is C15H22N6. The number of anilines is 4. The summed E-state index contributed by atoms with van der Waals surface area (Å²) in [4.78, 5) is 17.2. The van der Waals surface area contributed by atoms with E-state index in [9.17, 15) is 0 Å². The Balaban J connectivity index is 2.35. The van der Waals surface area contributed by atoms with Gasteiger partial charge in [-0.05, 0) is 18.6 Å². The summed E-state index contributed by atoms with van der Waals surface area (Å²) in [6, 6.07) is 10.0. The van der Waals surface area contributed by atoms with Crippen molar-refractivity contribution in [1.29, 1.82) is 0 Å². The van der Waals surface area contributed by atoms with E-state index in [1.807, 2.05) is 61.3 Å². The van der Waals surface area contributed by atoms with Crippen molar-refractivity contribution >= 4 is 23.5 Å². The van der Waals surface area contributed by atoms with Gasteiger partial charge in [0.25, 0.3) is 0 Å². The summed E-state index contributed by atoms with van der Waals surface area (Å²) in [5.74, 6) is 1.87. The Labute approximate surface area is 125 Å². The zero-order valence-electron chi connectivity index (χ0n) is 13.0. The van der Waals surface area contributed by atoms with Crippen LogP contribution in [0.1, 0.15) is 13.3 Å². The molecule has 1 heterocycles. The molecule has 0 aliphatic heterocycles. The van der Waals surface area contributed by atoms with Gasteiger partial charge in [0.15, 0.2) is 0 Å². The van der Waals surface area contributed by atoms with E-state index in [-0.39, 0.29) is 0 Å². The van der Waals surface area contributed by atoms with Crippen LogP contribution in [-0.2, 0) is 0 Å². The highest BCUT2D eigenvalue weighted by atomic mass is 15.3. The van der Waals surface area contributed by atoms with Gasteiger partial charge in [-0.25, -0.2) is 0 Å². The second-order valence-electron chi connectivity index (χ2n) is 4.97. The smallest absolute Gasteiger partial charge is 0.236 e. The highest BCUT2D eigenvalue weighted by molar-refractivity contribution is 5.58. The monoisotopic (exact) mass is 286 g/mol. The number of rotatable bonds is 6. The van der Waals surface area contributed by atoms with Gasteiger partial charge < -0.3 is 15.1 Å². The first-order valence-electron chi connectivity index (χ1n) is 7.08. The predicted octanol–water partition coefficient (Wildman–Crippen LogP) is 2.53. The van der Waals surface area contributed by atoms with Gasteiger partial charge >= 0.3 is 0 Å². The third-order valence-corrected chi connectivity index (χ3v) is 2.99. The van der Waals surface area contributed by atoms with Crippen LogP contribution in [0.3, 0.4) is 0 Å². The number of nitrogens with one attached hydrogen (secondary N) is 1. The Morgan fingerprint density at radius 1 is 0.952 bits per heavy atom. The molecule has 1 aromatic heterocycles. The summed E-state index contributed by atoms with van der Waals surface area (Å²) in [6.45, 7) is 2.95. The van der Waals surface area contributed by atoms with Crippen LogP contribution in [0.25, 0.3) is 0 Å². The van der Waals surface area contributed by atoms with E-state index in [1.165, 1.54) is 0 Å². The predicted molar refractivity (Wildman–Crippen MR) is 87.4 cm³/mol. The lowest BCUT2D eigenvalue weighted by Crippen LogP contribution is -2.20. The molecule has 0 atom stereocenters. The summed E-state index contributed by atoms with van der Waals surface area (Å²) in [5, 5.41) is 3.22. The van der Waals surface area contributed by atoms with Gasteiger partial charge in [0.05, 0.1) is 0 Å². The van der Waals surface area contributed by atoms with Crippen LogP contribution in [0.15, 0.2) is 30.3 Å². The van der Waals surface area contributed by atoms with E-state index in [0.29, 0.717) is 17.8 Å². The fraction of sp³-hybridized carbons (Fsp3) is 0.400. The Hall–Kier alpha value is -2.37. The van der Waals surface area contributed by atoms with Gasteiger partial charge in [0, 0.05) is 33.4 Å². The highest BCUT2D eigenvalue weighted by Crippen LogP contribution is 2.22. The molecule has 1 N–H and O–H groups in total. The molecule has 2 rings (SSSR count). The zero-order valence-corrected chi connectivity index (χ0v) is 13.0. The maximum Gasteiger partial charge on any atom is 0.236 e. The van der Waals surface area contributed by atoms with Gasteiger partial charge in [0.1, 0.15) is 0 Å². The standard InChI is InChI=1S/C15H22N6/c1-5-11-16-13-17-14(20(2)3)19-15(18-13)21(4)12-9-7-6-8-10-12/h6-10H,5,11H2,1-4H3,(H,16,17,18,19). The average molecular weight is 286 g/mol. The maximum atomic E-state index is 4.51. The van der Waals surface area contributed by atoms with Crippen LogP contribution in [0.5, 0.6) is 0 Å². The van der Waals surface area contributed by atoms with E-state index >= 15 is 0 Å². The molecule has 6 nitrogen and oxygen atoms in total. The third-order valence-electron chi connectivity index (χ3n) is 2.99. The molecule has 2 aromatic rings. The summed E-state index contributed by atoms with van der Waals surface area (Å²) in [6.07, 6.45) is 1.02. The number of para-hydroxylation sites is 1. The number of benzene rings is 1. The molecule has 112 valence electrons. The van der Waals surface area contributed by atoms with E-state index < -0.39 is 0 Å². The fourth-order valence-electron chi connectivity index (χ4n) is 1.79. The van der Waals surface area contributed by atoms with Gasteiger partial charge in [-0.3, -0.25) is 0 Å². The minimum Gasteiger partial charge on any atom is -0.354 e. The lowest BCUT2D eigenvalue weighted by molar-refractivity contribution is 0.903. The summed E-state index contributed by atoms with van der Waals surface area (Å²) in [5.41, 5.74) is 1.04. The van der Waals surface area contributed by atoms with Gasteiger partial charge in [0.2, 0.25) is 17.8 Å². The lowest BCUT2D eigenvalue weighted by Gasteiger charge is -2.20. The van der Waals surface area contributed by atoms with Crippen molar-refractivity contribution in [2.75, 3.05) is 42.8 Å². The topological polar surface area (TPSA) is 57.2 Å². The normalized spacial score (nSPS) is 10.3. The van der Waals surface area contributed by atoms with Crippen LogP contribution >= 0.6 is 0 Å². The number of nitrogens with zero attached hydrogens (tertiary/aromatic N) is 5. The second-order valence-corrected chi connectivity index (χ2v) is 4.97. The maximum absolute atomic E-state index is 4.51. The molecule has 0 saturated carbocycles. The van der Waals surface area contributed by atoms with E-state index in [4.69, 9.17) is 0 Å². The van der Waals surface area contributed by atoms with E-state index in [0.717, 1.165) is 18.7 Å². The molecule has 0 saturated heterocycles. The molecule has 0 fully saturated rings. The van der Waals surface area contributed by atoms with Gasteiger partial charge in [-0.2, -0.15) is 15.0 Å². The van der Waals surface area contributed by atoms with Crippen molar-refractivity contribution in [2.24, 2.45) is 0 Å². The van der Waals surface area contributed by atoms with Crippen molar-refractivity contribution in [3.63, 3.8) is 0 Å². The van der Waals surface area contributed by atoms with Crippen molar-refractivity contribution in [3.8, 4) is 0 Å². The molecule has 0 spiro atoms. The fourth-order valence-corrected chi connectivity index (χ4v) is 1.79. The Bertz CT molecular complexity index is 570. The van der Waals surface area contributed by atoms with Gasteiger partial charge in [-0.15, -0.1) is 0 Å². The molecule has 0 aliphatic rings. The third kappa shape index (κ3) is 3.81. The molecule has 0 bridgehead atoms. The van der Waals surface area contributed by atoms with Crippen LogP contribution in [0.4, 0.5) is 23.5 Å². The largest absolute Gasteiger partial charge is 0.354 e. The van der Waals surface area contributed by atoms with Crippen LogP contribution in [-0.4, -0.2) is 42.6 Å². The molecule has 0 aliphatic carbocycles. The first-order valence-corrected chi connectivity index (χ1v) is 7.08. The minimum absolute atomic E-state index is 0.605. The molecule has 0 amide bonds. The Morgan fingerprint density at radius 3 is 2.24 bits per heavy atom. The quantitative estimate of drug-likeness (QED) is 0.880. The minimum atomic E-state index is 0.605. The molecular weight excluding hydrogens is 264 g/mol. The highest BCUT2D eigenvalue weighted by Gasteiger charge is 2.12. The first-order chi connectivity index (χ1) is 10.1. The van der Waals surface area contributed by atoms with Crippen LogP contribution in [0, 0.1) is 0 Å². The second kappa shape index (κ2) is 6.88. The van der Waals surface area contributed by atoms with Gasteiger partial charge in [-0.1, -0.05) is 25.1 Å². The molecule has 6 heteroatoms. The average Bonchev–Trinajstić information content (AvgIpc) is 2.52. The molecule has 0 radical (unpaired) electrons. The Kier molecular flexibility index (Phi) is 4.92. The van der Waals surface area contributed by atoms with Crippen molar-refractivity contribution in [3.05, 3.63) is 30.3 Å². The number of aromatic nitrogens is 3. The van der Waals surface area contributed by atoms with Crippen molar-refractivity contribution < 1.29 is 0 Å². The van der Waals surface area contributed by atoms with Crippen molar-refractivity contribution in [1.82, 2.24) is 15.0 Å². The van der Waals surface area contributed by atoms with E-state index in [1.54, 1.807) is 0 Å². The van der Waals surface area contributed by atoms with Crippen LogP contribution < -0.4 is 15.1 Å². The van der Waals surface area contributed by atoms with E-state index in [2.05, 4.69) is 27.2 Å². The van der Waals surface area contributed by atoms with Crippen LogP contribution in [0.2, 0.25) is 0 Å². The SMILES string of the molecule is CCCNc1nc(N(C)C)nc(N(C)c2ccccc2)n1. The lowest BCUT2D eigenvalue weighted by atomic mass is 10.3. The molecule has 21 heavy (non-hydrogen) atoms. The summed E-state index contributed by atoms with van der Waals surface area (Å²) >= 11 is 0. The zero-order chi connectivity index (χ0) is 15.2. The summed E-state index contributed by atoms with van der Waals surface area (Å²) in [7, 11) is 5.80. The summed E-state index contributed by atoms with van der Waals surface area (Å²) < 4.78 is 0. The number of hydrogen-bond acceptors (Lipinski definition) is 6. The molecule has 1 aromatic carbocycles. The molecule has 0 unspecified atom stereocenters. The van der Waals surface area contributed by atoms with Crippen molar-refractivity contribution in [2.45, 2.75) is 13.3 Å².